The molecular weight excluding hydrogens is 452 g/mol. The molecule has 35 heavy (non-hydrogen) atoms. The number of nitrogens with two attached hydrogens (primary N) is 3. The third-order valence-corrected chi connectivity index (χ3v) is 4.74. The van der Waals surface area contributed by atoms with E-state index >= 15 is 0 Å². The summed E-state index contributed by atoms with van der Waals surface area (Å²) in [6, 6.07) is -1.43. The van der Waals surface area contributed by atoms with Gasteiger partial charge in [-0.3, -0.25) is 19.3 Å². The van der Waals surface area contributed by atoms with Crippen LogP contribution in [0.5, 0.6) is 0 Å². The summed E-state index contributed by atoms with van der Waals surface area (Å²) in [5.41, 5.74) is 15.6. The lowest BCUT2D eigenvalue weighted by Crippen LogP contribution is -2.34. The number of rotatable bonds is 17. The molecule has 0 bridgehead atoms. The van der Waals surface area contributed by atoms with E-state index in [2.05, 4.69) is 11.8 Å². The maximum Gasteiger partial charge on any atom is 0.320 e. The summed E-state index contributed by atoms with van der Waals surface area (Å²) in [5, 5.41) is 25.3. The van der Waals surface area contributed by atoms with Gasteiger partial charge in [0.15, 0.2) is 0 Å². The van der Waals surface area contributed by atoms with Crippen LogP contribution in [0, 0.1) is 30.6 Å². The van der Waals surface area contributed by atoms with Crippen LogP contribution in [-0.4, -0.2) is 76.4 Å². The van der Waals surface area contributed by atoms with Crippen LogP contribution in [0.25, 0.3) is 0 Å². The lowest BCUT2D eigenvalue weighted by Gasteiger charge is -2.19. The lowest BCUT2D eigenvalue weighted by atomic mass is 10.1. The van der Waals surface area contributed by atoms with E-state index in [1.165, 1.54) is 0 Å². The van der Waals surface area contributed by atoms with Crippen LogP contribution in [0.1, 0.15) is 71.6 Å². The molecule has 0 aromatic heterocycles. The molecule has 0 spiro atoms. The van der Waals surface area contributed by atoms with E-state index in [-0.39, 0.29) is 12.5 Å². The van der Waals surface area contributed by atoms with Crippen molar-refractivity contribution in [3.05, 3.63) is 0 Å². The first-order valence-corrected chi connectivity index (χ1v) is 11.9. The van der Waals surface area contributed by atoms with Gasteiger partial charge < -0.3 is 32.5 Å². The molecule has 0 fully saturated rings. The van der Waals surface area contributed by atoms with Crippen LogP contribution < -0.4 is 17.2 Å². The Balaban J connectivity index is -0.000000483. The van der Waals surface area contributed by atoms with Gasteiger partial charge >= 0.3 is 17.9 Å². The van der Waals surface area contributed by atoms with Crippen molar-refractivity contribution in [2.45, 2.75) is 83.7 Å². The van der Waals surface area contributed by atoms with E-state index in [0.29, 0.717) is 13.0 Å². The Morgan fingerprint density at radius 3 is 1.60 bits per heavy atom. The Bertz CT molecular complexity index is 621. The second-order valence-corrected chi connectivity index (χ2v) is 8.33. The summed E-state index contributed by atoms with van der Waals surface area (Å²) >= 11 is 0. The van der Waals surface area contributed by atoms with Crippen LogP contribution in [0.4, 0.5) is 0 Å². The van der Waals surface area contributed by atoms with Crippen molar-refractivity contribution >= 4 is 17.9 Å². The zero-order valence-corrected chi connectivity index (χ0v) is 21.3. The fraction of sp³-hybridized carbons (Fsp3) is 0.720. The summed E-state index contributed by atoms with van der Waals surface area (Å²) in [6.45, 7) is 5.85. The van der Waals surface area contributed by atoms with E-state index in [4.69, 9.17) is 45.4 Å². The van der Waals surface area contributed by atoms with Crippen molar-refractivity contribution < 1.29 is 29.7 Å². The largest absolute Gasteiger partial charge is 0.480 e. The van der Waals surface area contributed by atoms with Crippen LogP contribution in [0.3, 0.4) is 0 Å². The average molecular weight is 499 g/mol. The second kappa shape index (κ2) is 26.0. The lowest BCUT2D eigenvalue weighted by molar-refractivity contribution is -0.140. The SMILES string of the molecule is C#CCCCCN(CCCCC#C)CC(=O)O.CC(C)C(N)C(=O)O.NCCCCC(N)C(=O)O. The summed E-state index contributed by atoms with van der Waals surface area (Å²) in [6.07, 6.45) is 17.8. The summed E-state index contributed by atoms with van der Waals surface area (Å²) < 4.78 is 0. The van der Waals surface area contributed by atoms with Gasteiger partial charge in [-0.1, -0.05) is 20.3 Å². The van der Waals surface area contributed by atoms with E-state index in [1.54, 1.807) is 13.8 Å². The molecule has 0 radical (unpaired) electrons. The Morgan fingerprint density at radius 1 is 0.829 bits per heavy atom. The van der Waals surface area contributed by atoms with Gasteiger partial charge in [0.1, 0.15) is 12.1 Å². The predicted octanol–water partition coefficient (Wildman–Crippen LogP) is 1.56. The van der Waals surface area contributed by atoms with Crippen LogP contribution in [-0.2, 0) is 14.4 Å². The van der Waals surface area contributed by atoms with Crippen molar-refractivity contribution in [2.24, 2.45) is 23.1 Å². The molecule has 0 aliphatic rings. The molecule has 0 saturated carbocycles. The smallest absolute Gasteiger partial charge is 0.320 e. The monoisotopic (exact) mass is 498 g/mol. The third kappa shape index (κ3) is 29.3. The molecular formula is C25H46N4O6. The molecule has 10 heteroatoms. The van der Waals surface area contributed by atoms with Gasteiger partial charge in [0.05, 0.1) is 6.54 Å². The fourth-order valence-electron chi connectivity index (χ4n) is 2.50. The van der Waals surface area contributed by atoms with Gasteiger partial charge in [0.2, 0.25) is 0 Å². The minimum Gasteiger partial charge on any atom is -0.480 e. The number of nitrogens with zero attached hydrogens (tertiary/aromatic N) is 1. The van der Waals surface area contributed by atoms with E-state index in [0.717, 1.165) is 64.5 Å². The van der Waals surface area contributed by atoms with Crippen molar-refractivity contribution in [1.82, 2.24) is 4.90 Å². The highest BCUT2D eigenvalue weighted by atomic mass is 16.4. The molecule has 0 heterocycles. The Hall–Kier alpha value is -2.63. The average Bonchev–Trinajstić information content (AvgIpc) is 2.79. The molecule has 2 unspecified atom stereocenters. The quantitative estimate of drug-likeness (QED) is 0.127. The van der Waals surface area contributed by atoms with Gasteiger partial charge in [0, 0.05) is 12.8 Å². The molecule has 0 aromatic carbocycles. The highest BCUT2D eigenvalue weighted by Crippen LogP contribution is 2.02. The topological polar surface area (TPSA) is 193 Å². The number of hydrogen-bond donors (Lipinski definition) is 6. The molecule has 0 saturated heterocycles. The number of aliphatic carboxylic acids is 3. The van der Waals surface area contributed by atoms with Crippen LogP contribution >= 0.6 is 0 Å². The highest BCUT2D eigenvalue weighted by Gasteiger charge is 2.14. The van der Waals surface area contributed by atoms with E-state index < -0.39 is 30.0 Å². The zero-order chi connectivity index (χ0) is 27.6. The molecule has 202 valence electrons. The second-order valence-electron chi connectivity index (χ2n) is 8.33. The minimum absolute atomic E-state index is 0.0208. The molecule has 9 N–H and O–H groups in total. The third-order valence-electron chi connectivity index (χ3n) is 4.74. The normalized spacial score (nSPS) is 11.7. The molecule has 0 amide bonds. The van der Waals surface area contributed by atoms with Crippen molar-refractivity contribution in [3.63, 3.8) is 0 Å². The predicted molar refractivity (Wildman–Crippen MR) is 138 cm³/mol. The molecule has 0 rings (SSSR count). The van der Waals surface area contributed by atoms with Crippen LogP contribution in [0.15, 0.2) is 0 Å². The molecule has 0 aliphatic carbocycles. The Kier molecular flexibility index (Phi) is 27.4. The van der Waals surface area contributed by atoms with Gasteiger partial charge in [-0.2, -0.15) is 0 Å². The summed E-state index contributed by atoms with van der Waals surface area (Å²) in [7, 11) is 0. The number of hydrogen-bond acceptors (Lipinski definition) is 7. The standard InChI is InChI=1S/C14H21NO2.C6H14N2O2.C5H11NO2/c1-3-5-7-9-11-15(13-14(16)17)12-10-8-6-4-2;7-4-2-1-3-5(8)6(9)10;1-3(2)4(6)5(7)8/h1-2H,5-13H2,(H,16,17);5H,1-4,7-8H2,(H,9,10);3-4H,6H2,1-2H3,(H,7,8). The highest BCUT2D eigenvalue weighted by molar-refractivity contribution is 5.73. The van der Waals surface area contributed by atoms with Gasteiger partial charge in [-0.25, -0.2) is 0 Å². The molecule has 2 atom stereocenters. The van der Waals surface area contributed by atoms with Crippen molar-refractivity contribution in [1.29, 1.82) is 0 Å². The maximum absolute atomic E-state index is 10.7. The van der Waals surface area contributed by atoms with E-state index in [1.807, 2.05) is 4.90 Å². The zero-order valence-electron chi connectivity index (χ0n) is 21.3. The van der Waals surface area contributed by atoms with Gasteiger partial charge in [-0.05, 0) is 64.1 Å². The molecule has 0 aromatic rings. The summed E-state index contributed by atoms with van der Waals surface area (Å²) in [4.78, 5) is 32.8. The first-order valence-electron chi connectivity index (χ1n) is 11.9. The maximum atomic E-state index is 10.7. The number of terminal acetylenes is 2. The minimum atomic E-state index is -0.933. The Morgan fingerprint density at radius 2 is 1.31 bits per heavy atom. The molecule has 0 aliphatic heterocycles. The first kappa shape index (κ1) is 36.9. The fourth-order valence-corrected chi connectivity index (χ4v) is 2.50. The van der Waals surface area contributed by atoms with Gasteiger partial charge in [0.25, 0.3) is 0 Å². The Labute approximate surface area is 210 Å². The van der Waals surface area contributed by atoms with Crippen molar-refractivity contribution in [2.75, 3.05) is 26.2 Å². The number of carboxylic acid groups (broad SMARTS) is 3. The van der Waals surface area contributed by atoms with Crippen molar-refractivity contribution in [3.8, 4) is 24.7 Å². The van der Waals surface area contributed by atoms with E-state index in [9.17, 15) is 14.4 Å². The number of carboxylic acids is 3. The molecule has 10 nitrogen and oxygen atoms in total. The summed E-state index contributed by atoms with van der Waals surface area (Å²) in [5.74, 6) is 2.55. The number of carbonyl (C=O) groups is 3. The number of unbranched alkanes of at least 4 members (excludes halogenated alkanes) is 5. The van der Waals surface area contributed by atoms with Gasteiger partial charge in [-0.15, -0.1) is 24.7 Å². The van der Waals surface area contributed by atoms with Crippen LogP contribution in [0.2, 0.25) is 0 Å². The first-order chi connectivity index (χ1) is 16.4.